The second kappa shape index (κ2) is 18.3. The van der Waals surface area contributed by atoms with E-state index in [1.54, 1.807) is 6.92 Å². The first-order valence-corrected chi connectivity index (χ1v) is 27.0. The molecule has 1 aromatic heterocycles. The van der Waals surface area contributed by atoms with Gasteiger partial charge in [0.1, 0.15) is 6.04 Å². The normalized spacial score (nSPS) is 47.2. The maximum absolute atomic E-state index is 15.5. The number of nitrogens with one attached hydrogen (secondary N) is 2. The average molecular weight is 953 g/mol. The summed E-state index contributed by atoms with van der Waals surface area (Å²) in [5, 5.41) is 76.9. The maximum atomic E-state index is 15.5. The molecule has 6 fully saturated rings. The van der Waals surface area contributed by atoms with E-state index in [2.05, 4.69) is 42.1 Å². The summed E-state index contributed by atoms with van der Waals surface area (Å²) in [5.74, 6) is 4.97. The van der Waals surface area contributed by atoms with Crippen molar-refractivity contribution in [3.63, 3.8) is 0 Å². The van der Waals surface area contributed by atoms with Crippen molar-refractivity contribution in [1.82, 2.24) is 10.3 Å². The number of aromatic amines is 1. The Kier molecular flexibility index (Phi) is 13.1. The Morgan fingerprint density at radius 1 is 0.957 bits per heavy atom. The van der Waals surface area contributed by atoms with Gasteiger partial charge in [0.25, 0.3) is 0 Å². The maximum Gasteiger partial charge on any atom is 0.313 e. The molecule has 0 aromatic carbocycles. The fraction of sp³-hybridized carbons (Fsp3) is 0.772. The summed E-state index contributed by atoms with van der Waals surface area (Å²) in [6.07, 6.45) is 13.6. The number of esters is 1. The Morgan fingerprint density at radius 2 is 1.72 bits per heavy atom. The number of ketones is 2. The standard InChI is InChI=1S/C57H80N2O10/c1-30-13-14-33-15-16-38-31(2)22-47(64)55(5,67)52-35(10-8-9-34(23-40(38)39(33)21-30)41-29-69-53(66)48(41)36-18-20-58-27-36)25-57(68)49-42(17-19-54(52,57)4)56(37-11-6-7-12-37)26-46(63)45(62)24-43(56)51(65)50(49)59-44(28-60)32(3)61/h15,18,20,27,30-31,34-35,37-48,52,58-60,62-64,67-68H,6-7,10-14,16-17,19,21-26,28-29H2,1-5H3/t30-,31+,34-,35-,38-,39+,40+,41+,42-,43-,44-,45+,46-,47+,48+,52-,54+,55-,56-,57+/m0/s1. The van der Waals surface area contributed by atoms with Crippen LogP contribution in [-0.2, 0) is 19.1 Å². The Hall–Kier alpha value is -3.31. The third-order valence-electron chi connectivity index (χ3n) is 21.3. The van der Waals surface area contributed by atoms with Crippen LogP contribution < -0.4 is 5.32 Å². The van der Waals surface area contributed by atoms with Crippen LogP contribution in [0.25, 0.3) is 0 Å². The summed E-state index contributed by atoms with van der Waals surface area (Å²) in [4.78, 5) is 45.5. The summed E-state index contributed by atoms with van der Waals surface area (Å²) < 4.78 is 5.91. The molecule has 0 amide bonds. The molecule has 2 heterocycles. The van der Waals surface area contributed by atoms with E-state index in [1.807, 2.05) is 25.4 Å². The molecule has 12 nitrogen and oxygen atoms in total. The van der Waals surface area contributed by atoms with Crippen LogP contribution in [0, 0.1) is 93.7 Å². The second-order valence-electron chi connectivity index (χ2n) is 24.7. The molecule has 10 rings (SSSR count). The molecule has 0 spiro atoms. The first-order valence-electron chi connectivity index (χ1n) is 27.0. The van der Waals surface area contributed by atoms with Crippen LogP contribution in [0.1, 0.15) is 149 Å². The van der Waals surface area contributed by atoms with Gasteiger partial charge in [-0.1, -0.05) is 51.2 Å². The summed E-state index contributed by atoms with van der Waals surface area (Å²) in [6, 6.07) is 0.838. The molecular formula is C57H80N2O10. The van der Waals surface area contributed by atoms with Crippen LogP contribution >= 0.6 is 0 Å². The van der Waals surface area contributed by atoms with E-state index in [0.717, 1.165) is 56.9 Å². The van der Waals surface area contributed by atoms with Crippen molar-refractivity contribution in [2.75, 3.05) is 13.2 Å². The number of aliphatic hydroxyl groups is 6. The van der Waals surface area contributed by atoms with Gasteiger partial charge in [-0.3, -0.25) is 14.4 Å². The van der Waals surface area contributed by atoms with Crippen molar-refractivity contribution in [1.29, 1.82) is 0 Å². The summed E-state index contributed by atoms with van der Waals surface area (Å²) in [7, 11) is 0. The Labute approximate surface area is 408 Å². The number of hydrogen-bond donors (Lipinski definition) is 8. The summed E-state index contributed by atoms with van der Waals surface area (Å²) in [6.45, 7) is 9.40. The number of cyclic esters (lactones) is 1. The monoisotopic (exact) mass is 953 g/mol. The predicted octanol–water partition coefficient (Wildman–Crippen LogP) is 6.29. The molecule has 9 aliphatic rings. The van der Waals surface area contributed by atoms with Gasteiger partial charge in [-0.2, -0.15) is 0 Å². The van der Waals surface area contributed by atoms with Crippen LogP contribution in [-0.4, -0.2) is 102 Å². The van der Waals surface area contributed by atoms with E-state index in [1.165, 1.54) is 18.9 Å². The Morgan fingerprint density at radius 3 is 2.43 bits per heavy atom. The highest BCUT2D eigenvalue weighted by Crippen LogP contribution is 2.73. The molecule has 12 heteroatoms. The van der Waals surface area contributed by atoms with Gasteiger partial charge in [0.15, 0.2) is 11.6 Å². The fourth-order valence-electron chi connectivity index (χ4n) is 18.0. The number of aliphatic hydroxyl groups excluding tert-OH is 4. The summed E-state index contributed by atoms with van der Waals surface area (Å²) in [5.41, 5.74) is -2.26. The van der Waals surface area contributed by atoms with E-state index in [9.17, 15) is 40.2 Å². The van der Waals surface area contributed by atoms with Gasteiger partial charge in [0, 0.05) is 47.9 Å². The van der Waals surface area contributed by atoms with Crippen molar-refractivity contribution in [2.24, 2.45) is 81.8 Å². The number of carbonyl (C=O) groups is 3. The highest BCUT2D eigenvalue weighted by molar-refractivity contribution is 6.01. The number of carbonyl (C=O) groups excluding carboxylic acids is 3. The molecule has 0 radical (unpaired) electrons. The number of fused-ring (bicyclic) bond motifs is 10. The zero-order valence-electron chi connectivity index (χ0n) is 41.7. The van der Waals surface area contributed by atoms with Gasteiger partial charge in [0.05, 0.1) is 54.3 Å². The van der Waals surface area contributed by atoms with Crippen molar-refractivity contribution < 1.29 is 49.8 Å². The molecule has 8 aliphatic carbocycles. The van der Waals surface area contributed by atoms with Crippen LogP contribution in [0.15, 0.2) is 41.4 Å². The Bertz CT molecular complexity index is 2270. The highest BCUT2D eigenvalue weighted by atomic mass is 16.5. The first-order chi connectivity index (χ1) is 32.8. The topological polar surface area (TPSA) is 210 Å². The van der Waals surface area contributed by atoms with E-state index in [4.69, 9.17) is 4.74 Å². The van der Waals surface area contributed by atoms with Crippen LogP contribution in [0.4, 0.5) is 0 Å². The van der Waals surface area contributed by atoms with Gasteiger partial charge in [-0.25, -0.2) is 0 Å². The SMILES string of the molecule is CC(=O)[C@H](CO)NC1=C2[C@H](CC[C@]3(C)[C@@H]4[C@@H](CC#C[C@H]([C@H]5COC(=O)[C@@H]5c5cc[nH]c5)C[C@@H]5[C@@H](CC=C6CC[C@H](C)C[C@H]65)[C@H](C)C[C@@H](O)[C@]4(C)O)C[C@@]23O)[C@@]2(C3CCCC3)C[C@H](O)[C@H](O)C[C@H]2C1=O. The zero-order valence-corrected chi connectivity index (χ0v) is 41.7. The van der Waals surface area contributed by atoms with Gasteiger partial charge in [0.2, 0.25) is 0 Å². The lowest BCUT2D eigenvalue weighted by Gasteiger charge is -2.64. The van der Waals surface area contributed by atoms with Crippen LogP contribution in [0.3, 0.4) is 0 Å². The molecule has 378 valence electrons. The van der Waals surface area contributed by atoms with Crippen molar-refractivity contribution >= 4 is 17.5 Å². The minimum absolute atomic E-state index is 0.0119. The minimum atomic E-state index is -1.73. The number of Topliss-reactive ketones (excluding diaryl/α,β-unsaturated/α-hetero) is 2. The Balaban J connectivity index is 1.12. The third-order valence-corrected chi connectivity index (χ3v) is 21.3. The molecule has 1 aromatic rings. The number of ether oxygens (including phenoxy) is 1. The molecule has 0 bridgehead atoms. The first kappa shape index (κ1) is 49.3. The van der Waals surface area contributed by atoms with Crippen molar-refractivity contribution in [3.8, 4) is 11.8 Å². The number of aromatic nitrogens is 1. The molecule has 1 aliphatic heterocycles. The second-order valence-corrected chi connectivity index (χ2v) is 24.7. The minimum Gasteiger partial charge on any atom is -0.465 e. The quantitative estimate of drug-likeness (QED) is 0.0866. The average Bonchev–Trinajstić information content (AvgIpc) is 4.14. The lowest BCUT2D eigenvalue weighted by Crippen LogP contribution is -2.66. The van der Waals surface area contributed by atoms with Crippen molar-refractivity contribution in [2.45, 2.75) is 179 Å². The van der Waals surface area contributed by atoms with Crippen LogP contribution in [0.2, 0.25) is 0 Å². The van der Waals surface area contributed by atoms with E-state index < -0.39 is 82.6 Å². The number of rotatable bonds is 7. The van der Waals surface area contributed by atoms with Gasteiger partial charge in [-0.15, -0.1) is 5.92 Å². The highest BCUT2D eigenvalue weighted by Gasteiger charge is 2.74. The largest absolute Gasteiger partial charge is 0.465 e. The molecule has 8 N–H and O–H groups in total. The van der Waals surface area contributed by atoms with Gasteiger partial charge in [-0.05, 0) is 167 Å². The summed E-state index contributed by atoms with van der Waals surface area (Å²) >= 11 is 0. The van der Waals surface area contributed by atoms with Crippen molar-refractivity contribution in [3.05, 3.63) is 46.9 Å². The zero-order chi connectivity index (χ0) is 48.9. The molecule has 5 saturated carbocycles. The lowest BCUT2D eigenvalue weighted by atomic mass is 9.41. The number of allylic oxidation sites excluding steroid dienone is 3. The van der Waals surface area contributed by atoms with E-state index in [0.29, 0.717) is 36.7 Å². The molecule has 20 atom stereocenters. The van der Waals surface area contributed by atoms with Gasteiger partial charge < -0.3 is 45.7 Å². The third kappa shape index (κ3) is 7.79. The number of H-pyrrole nitrogens is 1. The van der Waals surface area contributed by atoms with Gasteiger partial charge >= 0.3 is 5.97 Å². The smallest absolute Gasteiger partial charge is 0.313 e. The van der Waals surface area contributed by atoms with E-state index in [-0.39, 0.29) is 91.0 Å². The molecule has 0 unspecified atom stereocenters. The predicted molar refractivity (Wildman–Crippen MR) is 258 cm³/mol. The van der Waals surface area contributed by atoms with Crippen LogP contribution in [0.5, 0.6) is 0 Å². The fourth-order valence-corrected chi connectivity index (χ4v) is 18.0. The number of hydrogen-bond acceptors (Lipinski definition) is 11. The lowest BCUT2D eigenvalue weighted by molar-refractivity contribution is -0.190. The molecule has 69 heavy (non-hydrogen) atoms. The van der Waals surface area contributed by atoms with E-state index >= 15 is 4.79 Å². The molecular weight excluding hydrogens is 873 g/mol. The molecule has 1 saturated heterocycles.